The summed E-state index contributed by atoms with van der Waals surface area (Å²) in [6.45, 7) is 19.3. The minimum atomic E-state index is -1.99. The van der Waals surface area contributed by atoms with E-state index in [-0.39, 0.29) is 11.6 Å². The van der Waals surface area contributed by atoms with Crippen LogP contribution in [-0.2, 0) is 4.74 Å². The van der Waals surface area contributed by atoms with Crippen LogP contribution in [0.3, 0.4) is 0 Å². The molecule has 0 spiro atoms. The van der Waals surface area contributed by atoms with Crippen LogP contribution >= 0.6 is 0 Å². The van der Waals surface area contributed by atoms with Gasteiger partial charge in [-0.3, -0.25) is 9.36 Å². The normalized spacial score (nSPS) is 17.1. The van der Waals surface area contributed by atoms with Gasteiger partial charge >= 0.3 is 0 Å². The molecule has 2 aliphatic rings. The highest BCUT2D eigenvalue weighted by Crippen LogP contribution is 2.41. The minimum Gasteiger partial charge on any atom is -0.381 e. The van der Waals surface area contributed by atoms with Gasteiger partial charge in [-0.1, -0.05) is 47.5 Å². The van der Waals surface area contributed by atoms with Crippen LogP contribution in [0.5, 0.6) is 0 Å². The van der Waals surface area contributed by atoms with Gasteiger partial charge in [0.25, 0.3) is 5.56 Å². The highest BCUT2D eigenvalue weighted by Gasteiger charge is 2.41. The van der Waals surface area contributed by atoms with Crippen molar-refractivity contribution in [2.75, 3.05) is 56.7 Å². The van der Waals surface area contributed by atoms with E-state index in [0.717, 1.165) is 55.7 Å². The molecule has 2 aliphatic heterocycles. The van der Waals surface area contributed by atoms with Gasteiger partial charge < -0.3 is 19.9 Å². The Hall–Kier alpha value is -3.19. The van der Waals surface area contributed by atoms with Gasteiger partial charge in [0.2, 0.25) is 5.95 Å². The summed E-state index contributed by atoms with van der Waals surface area (Å²) in [5.41, 5.74) is 8.75. The summed E-state index contributed by atoms with van der Waals surface area (Å²) < 4.78 is 7.47. The largest absolute Gasteiger partial charge is 0.381 e. The highest BCUT2D eigenvalue weighted by molar-refractivity contribution is 6.90. The second kappa shape index (κ2) is 13.2. The first-order chi connectivity index (χ1) is 20.6. The quantitative estimate of drug-likeness (QED) is 0.255. The first-order valence-corrected chi connectivity index (χ1v) is 18.2. The molecule has 0 aliphatic carbocycles. The molecule has 4 heterocycles. The summed E-state index contributed by atoms with van der Waals surface area (Å²) in [4.78, 5) is 28.2. The van der Waals surface area contributed by atoms with E-state index in [4.69, 9.17) is 14.7 Å². The van der Waals surface area contributed by atoms with Crippen molar-refractivity contribution in [1.82, 2.24) is 19.4 Å². The summed E-state index contributed by atoms with van der Waals surface area (Å²) in [7, 11) is 0.180. The fourth-order valence-electron chi connectivity index (χ4n) is 7.14. The van der Waals surface area contributed by atoms with Crippen molar-refractivity contribution < 1.29 is 4.74 Å². The fraction of sp³-hybridized carbons (Fsp3) is 0.559. The summed E-state index contributed by atoms with van der Waals surface area (Å²) >= 11 is 0. The Morgan fingerprint density at radius 1 is 0.953 bits per heavy atom. The first-order valence-electron chi connectivity index (χ1n) is 15.9. The molecule has 2 aromatic heterocycles. The molecular weight excluding hydrogens is 553 g/mol. The van der Waals surface area contributed by atoms with Crippen LogP contribution in [0.2, 0.25) is 16.6 Å². The van der Waals surface area contributed by atoms with Gasteiger partial charge in [-0.15, -0.1) is 5.54 Å². The number of piperazine rings is 1. The van der Waals surface area contributed by atoms with Crippen molar-refractivity contribution in [2.45, 2.75) is 77.0 Å². The van der Waals surface area contributed by atoms with Gasteiger partial charge in [0.05, 0.1) is 5.39 Å². The third-order valence-electron chi connectivity index (χ3n) is 9.62. The lowest BCUT2D eigenvalue weighted by Crippen LogP contribution is -2.44. The second-order valence-electron chi connectivity index (χ2n) is 13.2. The van der Waals surface area contributed by atoms with Crippen molar-refractivity contribution >= 4 is 36.4 Å². The van der Waals surface area contributed by atoms with E-state index >= 15 is 0 Å². The molecule has 0 unspecified atom stereocenters. The van der Waals surface area contributed by atoms with Crippen molar-refractivity contribution in [3.63, 3.8) is 0 Å². The lowest BCUT2D eigenvalue weighted by atomic mass is 10.1. The Kier molecular flexibility index (Phi) is 9.59. The topological polar surface area (TPSA) is 75.5 Å². The predicted molar refractivity (Wildman–Crippen MR) is 180 cm³/mol. The minimum absolute atomic E-state index is 0.0341. The summed E-state index contributed by atoms with van der Waals surface area (Å²) in [5, 5.41) is 4.21. The third-order valence-corrected chi connectivity index (χ3v) is 15.9. The lowest BCUT2D eigenvalue weighted by molar-refractivity contribution is 0.0697. The van der Waals surface area contributed by atoms with E-state index in [2.05, 4.69) is 99.4 Å². The number of benzene rings is 1. The zero-order chi connectivity index (χ0) is 30.7. The predicted octanol–water partition coefficient (Wildman–Crippen LogP) is 6.21. The Bertz CT molecular complexity index is 1500. The second-order valence-corrected chi connectivity index (χ2v) is 18.7. The van der Waals surface area contributed by atoms with Gasteiger partial charge in [0.1, 0.15) is 13.7 Å². The highest BCUT2D eigenvalue weighted by atomic mass is 28.3. The maximum Gasteiger partial charge on any atom is 0.253 e. The maximum atomic E-state index is 13.7. The average molecular weight is 601 g/mol. The summed E-state index contributed by atoms with van der Waals surface area (Å²) in [6, 6.07) is 10.2. The smallest absolute Gasteiger partial charge is 0.253 e. The number of likely N-dealkylation sites (N-methyl/N-ethyl adjacent to an activating group) is 1. The third kappa shape index (κ3) is 6.52. The van der Waals surface area contributed by atoms with Gasteiger partial charge in [-0.2, -0.15) is 4.98 Å². The van der Waals surface area contributed by atoms with E-state index in [1.807, 2.05) is 10.8 Å². The van der Waals surface area contributed by atoms with Gasteiger partial charge in [0, 0.05) is 74.6 Å². The molecule has 0 bridgehead atoms. The number of nitrogens with zero attached hydrogens (tertiary/aromatic N) is 5. The van der Waals surface area contributed by atoms with Crippen LogP contribution in [0.25, 0.3) is 11.0 Å². The molecule has 43 heavy (non-hydrogen) atoms. The van der Waals surface area contributed by atoms with Gasteiger partial charge in [0.15, 0.2) is 0 Å². The zero-order valence-electron chi connectivity index (χ0n) is 27.0. The Morgan fingerprint density at radius 3 is 2.19 bits per heavy atom. The van der Waals surface area contributed by atoms with Crippen molar-refractivity contribution in [3.05, 3.63) is 52.4 Å². The van der Waals surface area contributed by atoms with Crippen LogP contribution in [-0.4, -0.2) is 73.9 Å². The van der Waals surface area contributed by atoms with E-state index in [1.54, 1.807) is 6.07 Å². The van der Waals surface area contributed by atoms with E-state index < -0.39 is 8.07 Å². The molecule has 5 rings (SSSR count). The van der Waals surface area contributed by atoms with E-state index in [1.165, 1.54) is 5.69 Å². The number of rotatable bonds is 7. The molecular formula is C34H48N6O2Si. The summed E-state index contributed by atoms with van der Waals surface area (Å²) in [6.07, 6.45) is 3.40. The Labute approximate surface area is 257 Å². The van der Waals surface area contributed by atoms with Crippen LogP contribution in [0.4, 0.5) is 17.3 Å². The van der Waals surface area contributed by atoms with Gasteiger partial charge in [-0.05, 0) is 60.8 Å². The molecule has 2 saturated heterocycles. The lowest BCUT2D eigenvalue weighted by Gasteiger charge is -2.38. The summed E-state index contributed by atoms with van der Waals surface area (Å²) in [5.74, 6) is 3.99. The molecule has 0 atom stereocenters. The zero-order valence-corrected chi connectivity index (χ0v) is 28.0. The SMILES string of the molecule is CC(C)[Si](C#Cc1cc(=O)n(C2CCOCC2)c2nc(Nc3ccc(N4CCN(C)CC4)cc3)ncc12)(C(C)C)C(C)C. The van der Waals surface area contributed by atoms with Crippen molar-refractivity contribution in [3.8, 4) is 11.5 Å². The van der Waals surface area contributed by atoms with Crippen LogP contribution < -0.4 is 15.8 Å². The molecule has 2 fully saturated rings. The molecule has 0 amide bonds. The van der Waals surface area contributed by atoms with Gasteiger partial charge in [-0.25, -0.2) is 4.98 Å². The Balaban J connectivity index is 1.53. The number of anilines is 3. The molecule has 1 N–H and O–H groups in total. The number of fused-ring (bicyclic) bond motifs is 1. The number of hydrogen-bond donors (Lipinski definition) is 1. The number of ether oxygens (including phenoxy) is 1. The molecule has 1 aromatic carbocycles. The monoisotopic (exact) mass is 600 g/mol. The Morgan fingerprint density at radius 2 is 1.58 bits per heavy atom. The number of hydrogen-bond acceptors (Lipinski definition) is 7. The standard InChI is InChI=1S/C34H48N6O2Si/c1-24(2)43(25(3)4,26(5)6)21-14-27-22-32(41)40(30-12-19-42-20-13-30)33-31(27)23-35-34(37-33)36-28-8-10-29(11-9-28)39-17-15-38(7)16-18-39/h8-11,22-26,30H,12-13,15-20H2,1-7H3,(H,35,36,37). The number of pyridine rings is 1. The molecule has 230 valence electrons. The molecule has 8 nitrogen and oxygen atoms in total. The van der Waals surface area contributed by atoms with Crippen molar-refractivity contribution in [2.24, 2.45) is 0 Å². The van der Waals surface area contributed by atoms with Crippen LogP contribution in [0.15, 0.2) is 41.3 Å². The maximum absolute atomic E-state index is 13.7. The molecule has 9 heteroatoms. The van der Waals surface area contributed by atoms with Crippen LogP contribution in [0.1, 0.15) is 66.0 Å². The number of aromatic nitrogens is 3. The molecule has 0 radical (unpaired) electrons. The van der Waals surface area contributed by atoms with E-state index in [9.17, 15) is 4.79 Å². The number of nitrogens with one attached hydrogen (secondary N) is 1. The first kappa shape index (κ1) is 31.2. The average Bonchev–Trinajstić information content (AvgIpc) is 2.98. The van der Waals surface area contributed by atoms with E-state index in [0.29, 0.717) is 41.4 Å². The molecule has 3 aromatic rings. The molecule has 0 saturated carbocycles. The fourth-order valence-corrected chi connectivity index (χ4v) is 12.4. The van der Waals surface area contributed by atoms with Crippen molar-refractivity contribution in [1.29, 1.82) is 0 Å². The van der Waals surface area contributed by atoms with Crippen LogP contribution in [0, 0.1) is 11.5 Å².